The molecule has 0 aliphatic carbocycles. The van der Waals surface area contributed by atoms with Crippen LogP contribution in [0.5, 0.6) is 0 Å². The molecule has 0 saturated carbocycles. The van der Waals surface area contributed by atoms with Gasteiger partial charge in [-0.25, -0.2) is 4.79 Å². The zero-order valence-corrected chi connectivity index (χ0v) is 11.2. The van der Waals surface area contributed by atoms with Gasteiger partial charge in [0, 0.05) is 25.4 Å². The van der Waals surface area contributed by atoms with Gasteiger partial charge in [-0.3, -0.25) is 14.9 Å². The Hall–Kier alpha value is -1.59. The number of carboxylic acid groups (broad SMARTS) is 1. The summed E-state index contributed by atoms with van der Waals surface area (Å²) in [5.74, 6) is -1.23. The molecule has 6 heteroatoms. The molecule has 0 aliphatic rings. The lowest BCUT2D eigenvalue weighted by Crippen LogP contribution is -2.45. The van der Waals surface area contributed by atoms with Gasteiger partial charge in [0.1, 0.15) is 0 Å². The van der Waals surface area contributed by atoms with Gasteiger partial charge >= 0.3 is 12.0 Å². The van der Waals surface area contributed by atoms with Gasteiger partial charge < -0.3 is 10.0 Å². The van der Waals surface area contributed by atoms with Gasteiger partial charge in [0.05, 0.1) is 0 Å². The summed E-state index contributed by atoms with van der Waals surface area (Å²) in [5, 5.41) is 10.7. The van der Waals surface area contributed by atoms with Crippen LogP contribution in [0, 0.1) is 0 Å². The Morgan fingerprint density at radius 3 is 2.17 bits per heavy atom. The predicted octanol–water partition coefficient (Wildman–Crippen LogP) is 1.60. The number of unbranched alkanes of at least 4 members (excludes halogenated alkanes) is 1. The number of nitrogens with zero attached hydrogens (tertiary/aromatic N) is 1. The first-order valence-corrected chi connectivity index (χ1v) is 6.20. The lowest BCUT2D eigenvalue weighted by Gasteiger charge is -2.24. The van der Waals surface area contributed by atoms with E-state index in [1.54, 1.807) is 4.90 Å². The van der Waals surface area contributed by atoms with Crippen molar-refractivity contribution >= 4 is 17.9 Å². The highest BCUT2D eigenvalue weighted by Crippen LogP contribution is 2.01. The van der Waals surface area contributed by atoms with E-state index in [0.717, 1.165) is 0 Å². The van der Waals surface area contributed by atoms with Crippen molar-refractivity contribution < 1.29 is 19.5 Å². The van der Waals surface area contributed by atoms with Crippen molar-refractivity contribution in [1.82, 2.24) is 10.2 Å². The van der Waals surface area contributed by atoms with Crippen molar-refractivity contribution in [2.45, 2.75) is 52.5 Å². The van der Waals surface area contributed by atoms with E-state index in [-0.39, 0.29) is 24.8 Å². The monoisotopic (exact) mass is 258 g/mol. The summed E-state index contributed by atoms with van der Waals surface area (Å²) in [4.78, 5) is 34.9. The molecule has 0 rings (SSSR count). The number of imide groups is 1. The maximum absolute atomic E-state index is 11.7. The molecule has 0 unspecified atom stereocenters. The van der Waals surface area contributed by atoms with Gasteiger partial charge in [-0.15, -0.1) is 0 Å². The summed E-state index contributed by atoms with van der Waals surface area (Å²) in [6, 6.07) is -0.356. The SMILES string of the molecule is CCN(C(=O)NC(=O)CCCCC(=O)O)C(C)C. The van der Waals surface area contributed by atoms with Crippen molar-refractivity contribution in [2.75, 3.05) is 6.54 Å². The Bertz CT molecular complexity index is 302. The molecule has 0 fully saturated rings. The van der Waals surface area contributed by atoms with E-state index in [1.807, 2.05) is 20.8 Å². The van der Waals surface area contributed by atoms with Gasteiger partial charge in [0.25, 0.3) is 0 Å². The Balaban J connectivity index is 3.93. The Morgan fingerprint density at radius 2 is 1.72 bits per heavy atom. The van der Waals surface area contributed by atoms with Crippen LogP contribution < -0.4 is 5.32 Å². The Labute approximate surface area is 107 Å². The first-order chi connectivity index (χ1) is 8.38. The number of carbonyl (C=O) groups excluding carboxylic acids is 2. The fourth-order valence-electron chi connectivity index (χ4n) is 1.56. The molecule has 0 spiro atoms. The van der Waals surface area contributed by atoms with E-state index in [9.17, 15) is 14.4 Å². The number of hydrogen-bond donors (Lipinski definition) is 2. The van der Waals surface area contributed by atoms with Crippen LogP contribution in [0.1, 0.15) is 46.5 Å². The summed E-state index contributed by atoms with van der Waals surface area (Å²) >= 11 is 0. The van der Waals surface area contributed by atoms with Crippen LogP contribution in [0.4, 0.5) is 4.79 Å². The molecule has 0 bridgehead atoms. The second kappa shape index (κ2) is 8.49. The smallest absolute Gasteiger partial charge is 0.324 e. The maximum atomic E-state index is 11.7. The number of nitrogens with one attached hydrogen (secondary N) is 1. The highest BCUT2D eigenvalue weighted by atomic mass is 16.4. The minimum Gasteiger partial charge on any atom is -0.481 e. The van der Waals surface area contributed by atoms with E-state index in [4.69, 9.17) is 5.11 Å². The molecule has 6 nitrogen and oxygen atoms in total. The van der Waals surface area contributed by atoms with Gasteiger partial charge in [0.15, 0.2) is 0 Å². The highest BCUT2D eigenvalue weighted by molar-refractivity contribution is 5.94. The van der Waals surface area contributed by atoms with E-state index < -0.39 is 12.0 Å². The average Bonchev–Trinajstić information content (AvgIpc) is 2.24. The normalized spacial score (nSPS) is 10.2. The van der Waals surface area contributed by atoms with Gasteiger partial charge in [-0.05, 0) is 33.6 Å². The minimum absolute atomic E-state index is 0.0369. The van der Waals surface area contributed by atoms with Crippen LogP contribution in [-0.4, -0.2) is 40.5 Å². The second-order valence-electron chi connectivity index (χ2n) is 4.33. The number of carboxylic acids is 1. The van der Waals surface area contributed by atoms with Crippen molar-refractivity contribution in [3.05, 3.63) is 0 Å². The summed E-state index contributed by atoms with van der Waals surface area (Å²) < 4.78 is 0. The molecular formula is C12H22N2O4. The quantitative estimate of drug-likeness (QED) is 0.679. The number of amides is 3. The van der Waals surface area contributed by atoms with E-state index >= 15 is 0 Å². The van der Waals surface area contributed by atoms with Crippen LogP contribution in [0.2, 0.25) is 0 Å². The second-order valence-corrected chi connectivity index (χ2v) is 4.33. The largest absolute Gasteiger partial charge is 0.481 e. The molecule has 104 valence electrons. The Morgan fingerprint density at radius 1 is 1.17 bits per heavy atom. The molecule has 0 aromatic carbocycles. The first-order valence-electron chi connectivity index (χ1n) is 6.20. The highest BCUT2D eigenvalue weighted by Gasteiger charge is 2.16. The standard InChI is InChI=1S/C12H22N2O4/c1-4-14(9(2)3)12(18)13-10(15)7-5-6-8-11(16)17/h9H,4-8H2,1-3H3,(H,16,17)(H,13,15,18). The average molecular weight is 258 g/mol. The molecule has 0 aromatic rings. The van der Waals surface area contributed by atoms with Crippen LogP contribution in [0.15, 0.2) is 0 Å². The molecule has 18 heavy (non-hydrogen) atoms. The lowest BCUT2D eigenvalue weighted by atomic mass is 10.2. The number of aliphatic carboxylic acids is 1. The zero-order valence-electron chi connectivity index (χ0n) is 11.2. The summed E-state index contributed by atoms with van der Waals surface area (Å²) in [7, 11) is 0. The topological polar surface area (TPSA) is 86.7 Å². The van der Waals surface area contributed by atoms with Crippen molar-refractivity contribution in [3.8, 4) is 0 Å². The van der Waals surface area contributed by atoms with Gasteiger partial charge in [-0.2, -0.15) is 0 Å². The number of carbonyl (C=O) groups is 3. The zero-order chi connectivity index (χ0) is 14.1. The van der Waals surface area contributed by atoms with Crippen LogP contribution >= 0.6 is 0 Å². The number of urea groups is 1. The van der Waals surface area contributed by atoms with E-state index in [2.05, 4.69) is 5.32 Å². The van der Waals surface area contributed by atoms with Crippen LogP contribution in [0.25, 0.3) is 0 Å². The third kappa shape index (κ3) is 6.88. The van der Waals surface area contributed by atoms with Gasteiger partial charge in [-0.1, -0.05) is 0 Å². The number of rotatable bonds is 7. The summed E-state index contributed by atoms with van der Waals surface area (Å²) in [6.45, 7) is 6.13. The molecule has 3 amide bonds. The fourth-order valence-corrected chi connectivity index (χ4v) is 1.56. The third-order valence-corrected chi connectivity index (χ3v) is 2.52. The van der Waals surface area contributed by atoms with E-state index in [0.29, 0.717) is 19.4 Å². The molecule has 0 aliphatic heterocycles. The fraction of sp³-hybridized carbons (Fsp3) is 0.750. The molecule has 0 atom stereocenters. The van der Waals surface area contributed by atoms with Crippen LogP contribution in [-0.2, 0) is 9.59 Å². The predicted molar refractivity (Wildman–Crippen MR) is 67.2 cm³/mol. The molecule has 0 saturated heterocycles. The first kappa shape index (κ1) is 16.4. The van der Waals surface area contributed by atoms with Crippen molar-refractivity contribution in [3.63, 3.8) is 0 Å². The molecule has 2 N–H and O–H groups in total. The summed E-state index contributed by atoms with van der Waals surface area (Å²) in [5.41, 5.74) is 0. The van der Waals surface area contributed by atoms with Crippen molar-refractivity contribution in [2.24, 2.45) is 0 Å². The summed E-state index contributed by atoms with van der Waals surface area (Å²) in [6.07, 6.45) is 1.14. The third-order valence-electron chi connectivity index (χ3n) is 2.52. The van der Waals surface area contributed by atoms with Gasteiger partial charge in [0.2, 0.25) is 5.91 Å². The molecule has 0 aromatic heterocycles. The Kier molecular flexibility index (Phi) is 7.74. The van der Waals surface area contributed by atoms with E-state index in [1.165, 1.54) is 0 Å². The maximum Gasteiger partial charge on any atom is 0.324 e. The molecule has 0 radical (unpaired) electrons. The van der Waals surface area contributed by atoms with Crippen LogP contribution in [0.3, 0.4) is 0 Å². The number of hydrogen-bond acceptors (Lipinski definition) is 3. The minimum atomic E-state index is -0.872. The lowest BCUT2D eigenvalue weighted by molar-refractivity contribution is -0.137. The van der Waals surface area contributed by atoms with Crippen molar-refractivity contribution in [1.29, 1.82) is 0 Å². The molecule has 0 heterocycles. The molecular weight excluding hydrogens is 236 g/mol.